The van der Waals surface area contributed by atoms with Crippen molar-refractivity contribution >= 4 is 0 Å². The van der Waals surface area contributed by atoms with Gasteiger partial charge in [0.25, 0.3) is 0 Å². The van der Waals surface area contributed by atoms with Crippen LogP contribution in [0.15, 0.2) is 0 Å². The van der Waals surface area contributed by atoms with E-state index in [1.165, 1.54) is 0 Å². The molecule has 4 fully saturated rings. The molecule has 0 aromatic heterocycles. The molecular formula is C24H42O21. The zero-order valence-electron chi connectivity index (χ0n) is 23.5. The van der Waals surface area contributed by atoms with Crippen molar-refractivity contribution in [1.82, 2.24) is 0 Å². The predicted octanol–water partition coefficient (Wildman–Crippen LogP) is -9.75. The molecule has 0 aromatic rings. The minimum atomic E-state index is -2.02. The summed E-state index contributed by atoms with van der Waals surface area (Å²) in [7, 11) is 0. The highest BCUT2D eigenvalue weighted by Crippen LogP contribution is 2.34. The van der Waals surface area contributed by atoms with Crippen molar-refractivity contribution in [3.05, 3.63) is 0 Å². The van der Waals surface area contributed by atoms with E-state index in [1.807, 2.05) is 0 Å². The van der Waals surface area contributed by atoms with Crippen molar-refractivity contribution in [2.45, 2.75) is 123 Å². The van der Waals surface area contributed by atoms with Gasteiger partial charge >= 0.3 is 0 Å². The maximum absolute atomic E-state index is 10.9. The molecule has 4 rings (SSSR count). The number of aliphatic hydroxyl groups excluding tert-OH is 14. The van der Waals surface area contributed by atoms with E-state index in [0.717, 1.165) is 0 Å². The van der Waals surface area contributed by atoms with Crippen LogP contribution in [0.25, 0.3) is 0 Å². The highest BCUT2D eigenvalue weighted by atomic mass is 16.8. The Morgan fingerprint density at radius 1 is 0.333 bits per heavy atom. The molecule has 0 spiro atoms. The molecule has 0 bridgehead atoms. The summed E-state index contributed by atoms with van der Waals surface area (Å²) in [5.41, 5.74) is 0. The van der Waals surface area contributed by atoms with Crippen LogP contribution in [0.1, 0.15) is 0 Å². The topological polar surface area (TPSA) is 348 Å². The molecule has 4 heterocycles. The van der Waals surface area contributed by atoms with Crippen LogP contribution in [0.4, 0.5) is 0 Å². The summed E-state index contributed by atoms with van der Waals surface area (Å²) in [6.07, 6.45) is -35.3. The largest absolute Gasteiger partial charge is 0.394 e. The summed E-state index contributed by atoms with van der Waals surface area (Å²) in [4.78, 5) is 0. The van der Waals surface area contributed by atoms with Crippen LogP contribution in [-0.4, -0.2) is 221 Å². The Labute approximate surface area is 254 Å². The molecule has 21 nitrogen and oxygen atoms in total. The molecule has 21 heteroatoms. The van der Waals surface area contributed by atoms with Crippen LogP contribution in [0, 0.1) is 0 Å². The van der Waals surface area contributed by atoms with Crippen molar-refractivity contribution in [1.29, 1.82) is 0 Å². The second-order valence-corrected chi connectivity index (χ2v) is 11.1. The third kappa shape index (κ3) is 7.44. The number of hydrogen-bond donors (Lipinski definition) is 14. The Bertz CT molecular complexity index is 910. The van der Waals surface area contributed by atoms with Gasteiger partial charge in [0.1, 0.15) is 97.7 Å². The van der Waals surface area contributed by atoms with E-state index in [-0.39, 0.29) is 0 Å². The maximum atomic E-state index is 10.9. The van der Waals surface area contributed by atoms with E-state index in [0.29, 0.717) is 0 Å². The maximum Gasteiger partial charge on any atom is 0.187 e. The van der Waals surface area contributed by atoms with Gasteiger partial charge in [-0.15, -0.1) is 0 Å². The third-order valence-corrected chi connectivity index (χ3v) is 8.20. The number of hydrogen-bond acceptors (Lipinski definition) is 21. The Hall–Kier alpha value is -0.840. The fourth-order valence-electron chi connectivity index (χ4n) is 5.55. The van der Waals surface area contributed by atoms with Gasteiger partial charge in [0.05, 0.1) is 26.4 Å². The van der Waals surface area contributed by atoms with Crippen LogP contribution >= 0.6 is 0 Å². The lowest BCUT2D eigenvalue weighted by Crippen LogP contribution is -2.67. The van der Waals surface area contributed by atoms with Crippen molar-refractivity contribution in [2.75, 3.05) is 26.4 Å². The van der Waals surface area contributed by atoms with Gasteiger partial charge in [0.2, 0.25) is 0 Å². The standard InChI is InChI=1S/C24H42O21/c25-1-5-9(29)10(30)15(35)22(40-5)44-19-7(3-27)42-24(17(37)12(19)32)45-20-8(4-28)41-23(16(36)13(20)33)43-18-6(2-26)39-21(38)14(34)11(18)31/h5-38H,1-4H2/t5-,6?,7?,8-,9+,10?,11+,12+,13?,14?,15?,16?,17?,18+,19+,20+,21+,22-,23-,24-/m0/s1. The van der Waals surface area contributed by atoms with Crippen molar-refractivity contribution in [3.63, 3.8) is 0 Å². The van der Waals surface area contributed by atoms with Crippen LogP contribution in [0.5, 0.6) is 0 Å². The second kappa shape index (κ2) is 15.6. The third-order valence-electron chi connectivity index (χ3n) is 8.20. The van der Waals surface area contributed by atoms with E-state index in [2.05, 4.69) is 0 Å². The number of ether oxygens (including phenoxy) is 7. The predicted molar refractivity (Wildman–Crippen MR) is 134 cm³/mol. The first kappa shape index (κ1) is 37.0. The Kier molecular flexibility index (Phi) is 12.8. The van der Waals surface area contributed by atoms with Gasteiger partial charge in [-0.25, -0.2) is 0 Å². The van der Waals surface area contributed by atoms with Gasteiger partial charge in [-0.3, -0.25) is 0 Å². The van der Waals surface area contributed by atoms with Crippen molar-refractivity contribution in [2.24, 2.45) is 0 Å². The zero-order valence-corrected chi connectivity index (χ0v) is 23.5. The van der Waals surface area contributed by atoms with Gasteiger partial charge < -0.3 is 105 Å². The fraction of sp³-hybridized carbons (Fsp3) is 1.00. The van der Waals surface area contributed by atoms with Crippen molar-refractivity contribution < 1.29 is 105 Å². The summed E-state index contributed by atoms with van der Waals surface area (Å²) in [6.45, 7) is -3.39. The van der Waals surface area contributed by atoms with Gasteiger partial charge in [0.15, 0.2) is 25.2 Å². The Morgan fingerprint density at radius 2 is 0.644 bits per heavy atom. The highest BCUT2D eigenvalue weighted by Gasteiger charge is 2.55. The minimum Gasteiger partial charge on any atom is -0.394 e. The summed E-state index contributed by atoms with van der Waals surface area (Å²) >= 11 is 0. The van der Waals surface area contributed by atoms with Crippen LogP contribution in [0.3, 0.4) is 0 Å². The summed E-state index contributed by atoms with van der Waals surface area (Å²) in [6, 6.07) is 0. The van der Waals surface area contributed by atoms with Gasteiger partial charge in [-0.05, 0) is 0 Å². The summed E-state index contributed by atoms with van der Waals surface area (Å²) in [5, 5.41) is 142. The molecule has 0 radical (unpaired) electrons. The molecule has 0 aliphatic carbocycles. The second-order valence-electron chi connectivity index (χ2n) is 11.1. The molecule has 4 saturated heterocycles. The monoisotopic (exact) mass is 666 g/mol. The molecule has 14 N–H and O–H groups in total. The SMILES string of the molecule is OCC1O[C@@H](O[C@H]2C(O)C(O)[C@H](O[C@@H]3C(CO)O[C@@H](O)C(O)[C@H]3O)O[C@H]2CO)C(O)[C@@H](O)[C@@H]1O[C@@H]1O[C@@H](CO)[C@@H](O)C(O)C1O. The van der Waals surface area contributed by atoms with Crippen LogP contribution in [-0.2, 0) is 33.2 Å². The van der Waals surface area contributed by atoms with E-state index >= 15 is 0 Å². The van der Waals surface area contributed by atoms with E-state index < -0.39 is 149 Å². The smallest absolute Gasteiger partial charge is 0.187 e. The van der Waals surface area contributed by atoms with E-state index in [9.17, 15) is 71.5 Å². The first-order chi connectivity index (χ1) is 21.3. The molecule has 20 atom stereocenters. The number of rotatable bonds is 10. The first-order valence-electron chi connectivity index (χ1n) is 14.1. The van der Waals surface area contributed by atoms with Gasteiger partial charge in [-0.1, -0.05) is 0 Å². The van der Waals surface area contributed by atoms with Gasteiger partial charge in [-0.2, -0.15) is 0 Å². The molecule has 0 aromatic carbocycles. The normalized spacial score (nSPS) is 52.9. The minimum absolute atomic E-state index is 0.784. The molecule has 264 valence electrons. The molecule has 45 heavy (non-hydrogen) atoms. The lowest BCUT2D eigenvalue weighted by molar-refractivity contribution is -0.387. The summed E-state index contributed by atoms with van der Waals surface area (Å²) < 4.78 is 37.7. The lowest BCUT2D eigenvalue weighted by Gasteiger charge is -2.49. The summed E-state index contributed by atoms with van der Waals surface area (Å²) in [5.74, 6) is 0. The molecule has 4 aliphatic rings. The fourth-order valence-corrected chi connectivity index (χ4v) is 5.55. The van der Waals surface area contributed by atoms with Gasteiger partial charge in [0, 0.05) is 0 Å². The van der Waals surface area contributed by atoms with Crippen LogP contribution < -0.4 is 0 Å². The zero-order chi connectivity index (χ0) is 33.3. The number of aliphatic hydroxyl groups is 14. The molecular weight excluding hydrogens is 624 g/mol. The molecule has 0 saturated carbocycles. The van der Waals surface area contributed by atoms with Crippen LogP contribution in [0.2, 0.25) is 0 Å². The van der Waals surface area contributed by atoms with E-state index in [1.54, 1.807) is 0 Å². The Morgan fingerprint density at radius 3 is 1.02 bits per heavy atom. The Balaban J connectivity index is 1.43. The average molecular weight is 667 g/mol. The lowest BCUT2D eigenvalue weighted by atomic mass is 9.95. The quantitative estimate of drug-likeness (QED) is 0.103. The molecule has 0 amide bonds. The average Bonchev–Trinajstić information content (AvgIpc) is 3.03. The first-order valence-corrected chi connectivity index (χ1v) is 14.1. The van der Waals surface area contributed by atoms with Crippen molar-refractivity contribution in [3.8, 4) is 0 Å². The highest BCUT2D eigenvalue weighted by molar-refractivity contribution is 4.97. The molecule has 8 unspecified atom stereocenters. The molecule has 4 aliphatic heterocycles. The van der Waals surface area contributed by atoms with E-state index in [4.69, 9.17) is 33.2 Å².